The Balaban J connectivity index is 1.57. The predicted molar refractivity (Wildman–Crippen MR) is 82.7 cm³/mol. The summed E-state index contributed by atoms with van der Waals surface area (Å²) in [5, 5.41) is 2.12. The lowest BCUT2D eigenvalue weighted by Gasteiger charge is -2.33. The molecule has 3 rings (SSSR count). The number of thiophene rings is 1. The van der Waals surface area contributed by atoms with Gasteiger partial charge in [-0.15, -0.1) is 11.3 Å². The summed E-state index contributed by atoms with van der Waals surface area (Å²) in [4.78, 5) is 18.3. The van der Waals surface area contributed by atoms with Crippen LogP contribution in [0.5, 0.6) is 0 Å². The minimum absolute atomic E-state index is 0.333. The van der Waals surface area contributed by atoms with Crippen LogP contribution in [0.4, 0.5) is 0 Å². The van der Waals surface area contributed by atoms with Crippen molar-refractivity contribution in [3.8, 4) is 0 Å². The molecule has 1 saturated carbocycles. The van der Waals surface area contributed by atoms with Crippen molar-refractivity contribution in [1.82, 2.24) is 9.80 Å². The van der Waals surface area contributed by atoms with Crippen molar-refractivity contribution < 1.29 is 4.79 Å². The van der Waals surface area contributed by atoms with Crippen molar-refractivity contribution in [2.45, 2.75) is 45.2 Å². The second kappa shape index (κ2) is 6.27. The van der Waals surface area contributed by atoms with Gasteiger partial charge in [0.05, 0.1) is 6.54 Å². The van der Waals surface area contributed by atoms with Crippen molar-refractivity contribution in [2.75, 3.05) is 19.6 Å². The molecule has 0 spiro atoms. The van der Waals surface area contributed by atoms with Crippen molar-refractivity contribution in [3.05, 3.63) is 22.4 Å². The van der Waals surface area contributed by atoms with E-state index in [4.69, 9.17) is 0 Å². The third-order valence-electron chi connectivity index (χ3n) is 4.35. The number of carbonyl (C=O) groups excluding carboxylic acids is 1. The van der Waals surface area contributed by atoms with E-state index in [0.717, 1.165) is 19.6 Å². The summed E-state index contributed by atoms with van der Waals surface area (Å²) < 4.78 is 0. The largest absolute Gasteiger partial charge is 0.341 e. The highest BCUT2D eigenvalue weighted by Gasteiger charge is 2.32. The Morgan fingerprint density at radius 2 is 2.30 bits per heavy atom. The number of hydrogen-bond acceptors (Lipinski definition) is 3. The Morgan fingerprint density at radius 3 is 2.95 bits per heavy atom. The first-order valence-electron chi connectivity index (χ1n) is 7.76. The Labute approximate surface area is 125 Å². The van der Waals surface area contributed by atoms with Gasteiger partial charge in [0.2, 0.25) is 5.91 Å². The molecule has 1 aliphatic heterocycles. The molecule has 1 aromatic heterocycles. The summed E-state index contributed by atoms with van der Waals surface area (Å²) in [5.41, 5.74) is 0. The number of amides is 1. The van der Waals surface area contributed by atoms with E-state index in [1.54, 1.807) is 11.3 Å². The minimum Gasteiger partial charge on any atom is -0.341 e. The first kappa shape index (κ1) is 14.1. The second-order valence-corrected chi connectivity index (χ2v) is 7.33. The summed E-state index contributed by atoms with van der Waals surface area (Å²) in [6.45, 7) is 5.72. The van der Waals surface area contributed by atoms with E-state index in [1.807, 2.05) is 0 Å². The first-order chi connectivity index (χ1) is 9.72. The van der Waals surface area contributed by atoms with Gasteiger partial charge < -0.3 is 4.90 Å². The maximum atomic E-state index is 12.5. The van der Waals surface area contributed by atoms with Crippen LogP contribution in [0.25, 0.3) is 0 Å². The lowest BCUT2D eigenvalue weighted by atomic mass is 10.0. The van der Waals surface area contributed by atoms with Crippen LogP contribution in [0.3, 0.4) is 0 Å². The van der Waals surface area contributed by atoms with E-state index >= 15 is 0 Å². The molecule has 1 amide bonds. The lowest BCUT2D eigenvalue weighted by molar-refractivity contribution is -0.134. The number of piperidine rings is 1. The molecule has 0 bridgehead atoms. The second-order valence-electron chi connectivity index (χ2n) is 6.30. The fourth-order valence-electron chi connectivity index (χ4n) is 3.05. The van der Waals surface area contributed by atoms with Gasteiger partial charge in [-0.2, -0.15) is 0 Å². The van der Waals surface area contributed by atoms with E-state index < -0.39 is 0 Å². The number of likely N-dealkylation sites (tertiary alicyclic amines) is 1. The average molecular weight is 292 g/mol. The van der Waals surface area contributed by atoms with Crippen molar-refractivity contribution in [3.63, 3.8) is 0 Å². The highest BCUT2D eigenvalue weighted by Crippen LogP contribution is 2.29. The van der Waals surface area contributed by atoms with Crippen molar-refractivity contribution in [2.24, 2.45) is 5.92 Å². The molecule has 3 nitrogen and oxygen atoms in total. The molecule has 0 N–H and O–H groups in total. The smallest absolute Gasteiger partial charge is 0.236 e. The molecule has 110 valence electrons. The normalized spacial score (nSPS) is 23.3. The molecule has 1 aromatic rings. The number of nitrogens with zero attached hydrogens (tertiary/aromatic N) is 2. The van der Waals surface area contributed by atoms with E-state index in [0.29, 0.717) is 24.4 Å². The summed E-state index contributed by atoms with van der Waals surface area (Å²) in [5.74, 6) is 0.999. The molecule has 1 unspecified atom stereocenters. The standard InChI is InChI=1S/C16H24N2OS/c1-13-4-2-8-17(10-13)16(19)12-18(14-6-7-14)11-15-5-3-9-20-15/h3,5,9,13-14H,2,4,6-8,10-12H2,1H3. The summed E-state index contributed by atoms with van der Waals surface area (Å²) in [7, 11) is 0. The quantitative estimate of drug-likeness (QED) is 0.833. The first-order valence-corrected chi connectivity index (χ1v) is 8.64. The zero-order valence-electron chi connectivity index (χ0n) is 12.3. The molecule has 20 heavy (non-hydrogen) atoms. The maximum absolute atomic E-state index is 12.5. The zero-order chi connectivity index (χ0) is 13.9. The predicted octanol–water partition coefficient (Wildman–Crippen LogP) is 2.97. The molecule has 2 fully saturated rings. The summed E-state index contributed by atoms with van der Waals surface area (Å²) >= 11 is 1.79. The minimum atomic E-state index is 0.333. The third-order valence-corrected chi connectivity index (χ3v) is 5.21. The Bertz CT molecular complexity index is 441. The SMILES string of the molecule is CC1CCCN(C(=O)CN(Cc2cccs2)C2CC2)C1. The lowest BCUT2D eigenvalue weighted by Crippen LogP contribution is -2.45. The zero-order valence-corrected chi connectivity index (χ0v) is 13.1. The number of rotatable bonds is 5. The van der Waals surface area contributed by atoms with Crippen LogP contribution in [-0.4, -0.2) is 41.4 Å². The van der Waals surface area contributed by atoms with E-state index in [-0.39, 0.29) is 0 Å². The molecular weight excluding hydrogens is 268 g/mol. The molecular formula is C16H24N2OS. The molecule has 0 radical (unpaired) electrons. The van der Waals surface area contributed by atoms with Crippen LogP contribution < -0.4 is 0 Å². The van der Waals surface area contributed by atoms with Gasteiger partial charge in [-0.25, -0.2) is 0 Å². The molecule has 2 heterocycles. The van der Waals surface area contributed by atoms with Gasteiger partial charge in [0.25, 0.3) is 0 Å². The van der Waals surface area contributed by atoms with Crippen LogP contribution >= 0.6 is 11.3 Å². The Kier molecular flexibility index (Phi) is 4.41. The monoisotopic (exact) mass is 292 g/mol. The molecule has 0 aromatic carbocycles. The highest BCUT2D eigenvalue weighted by molar-refractivity contribution is 7.09. The van der Waals surface area contributed by atoms with Gasteiger partial charge in [0.15, 0.2) is 0 Å². The van der Waals surface area contributed by atoms with Crippen LogP contribution in [0.15, 0.2) is 17.5 Å². The van der Waals surface area contributed by atoms with E-state index in [2.05, 4.69) is 34.2 Å². The summed E-state index contributed by atoms with van der Waals surface area (Å²) in [6.07, 6.45) is 4.96. The number of carbonyl (C=O) groups is 1. The van der Waals surface area contributed by atoms with Gasteiger partial charge in [-0.1, -0.05) is 13.0 Å². The van der Waals surface area contributed by atoms with Gasteiger partial charge in [0.1, 0.15) is 0 Å². The maximum Gasteiger partial charge on any atom is 0.236 e. The van der Waals surface area contributed by atoms with E-state index in [1.165, 1.54) is 30.6 Å². The Hall–Kier alpha value is -0.870. The fraction of sp³-hybridized carbons (Fsp3) is 0.688. The highest BCUT2D eigenvalue weighted by atomic mass is 32.1. The van der Waals surface area contributed by atoms with Gasteiger partial charge >= 0.3 is 0 Å². The molecule has 4 heteroatoms. The fourth-order valence-corrected chi connectivity index (χ4v) is 3.78. The topological polar surface area (TPSA) is 23.6 Å². The van der Waals surface area contributed by atoms with Gasteiger partial charge in [-0.05, 0) is 43.0 Å². The van der Waals surface area contributed by atoms with Crippen LogP contribution in [0.1, 0.15) is 37.5 Å². The summed E-state index contributed by atoms with van der Waals surface area (Å²) in [6, 6.07) is 4.91. The van der Waals surface area contributed by atoms with Crippen molar-refractivity contribution >= 4 is 17.2 Å². The van der Waals surface area contributed by atoms with Crippen LogP contribution in [0, 0.1) is 5.92 Å². The molecule has 1 atom stereocenters. The molecule has 1 aliphatic carbocycles. The van der Waals surface area contributed by atoms with Crippen LogP contribution in [0.2, 0.25) is 0 Å². The van der Waals surface area contributed by atoms with Crippen molar-refractivity contribution in [1.29, 1.82) is 0 Å². The average Bonchev–Trinajstić information content (AvgIpc) is 3.16. The Morgan fingerprint density at radius 1 is 1.45 bits per heavy atom. The van der Waals surface area contributed by atoms with Crippen LogP contribution in [-0.2, 0) is 11.3 Å². The molecule has 1 saturated heterocycles. The molecule has 2 aliphatic rings. The van der Waals surface area contributed by atoms with Gasteiger partial charge in [0, 0.05) is 30.6 Å². The van der Waals surface area contributed by atoms with E-state index in [9.17, 15) is 4.79 Å². The third kappa shape index (κ3) is 3.61. The van der Waals surface area contributed by atoms with Gasteiger partial charge in [-0.3, -0.25) is 9.69 Å². The number of hydrogen-bond donors (Lipinski definition) is 0.